The summed E-state index contributed by atoms with van der Waals surface area (Å²) in [5, 5.41) is 86.3. The highest BCUT2D eigenvalue weighted by atomic mass is 16.6. The van der Waals surface area contributed by atoms with Gasteiger partial charge in [-0.05, 0) is 48.0 Å². The molecule has 0 aliphatic carbocycles. The zero-order chi connectivity index (χ0) is 32.0. The molecule has 16 heteroatoms. The van der Waals surface area contributed by atoms with Gasteiger partial charge in [-0.1, -0.05) is 6.07 Å². The lowest BCUT2D eigenvalue weighted by Gasteiger charge is -2.24. The van der Waals surface area contributed by atoms with Crippen molar-refractivity contribution < 1.29 is 79.3 Å². The van der Waals surface area contributed by atoms with E-state index in [0.717, 1.165) is 24.3 Å². The average Bonchev–Trinajstić information content (AvgIpc) is 2.95. The number of phenols is 8. The molecule has 0 aliphatic rings. The molecule has 0 heterocycles. The number of esters is 3. The minimum Gasteiger partial charge on any atom is -0.504 e. The normalized spacial score (nSPS) is 12.3. The van der Waals surface area contributed by atoms with E-state index in [-0.39, 0.29) is 5.56 Å². The molecular weight excluding hydrogens is 580 g/mol. The lowest BCUT2D eigenvalue weighted by Crippen LogP contribution is -2.44. The molecule has 226 valence electrons. The molecule has 16 nitrogen and oxygen atoms in total. The number of phenolic OH excluding ortho intramolecular Hbond substituents is 8. The van der Waals surface area contributed by atoms with Gasteiger partial charge in [0.2, 0.25) is 6.10 Å². The molecule has 3 aromatic rings. The third-order valence-corrected chi connectivity index (χ3v) is 5.49. The van der Waals surface area contributed by atoms with Crippen LogP contribution in [0.4, 0.5) is 0 Å². The zero-order valence-electron chi connectivity index (χ0n) is 21.4. The van der Waals surface area contributed by atoms with Crippen LogP contribution in [0.5, 0.6) is 46.0 Å². The largest absolute Gasteiger partial charge is 0.504 e. The Labute approximate surface area is 239 Å². The summed E-state index contributed by atoms with van der Waals surface area (Å²) in [6, 6.07) is 6.13. The molecule has 2 atom stereocenters. The molecule has 0 fully saturated rings. The van der Waals surface area contributed by atoms with Gasteiger partial charge in [0.15, 0.2) is 52.1 Å². The summed E-state index contributed by atoms with van der Waals surface area (Å²) in [6.45, 7) is -1.07. The number of carbonyl (C=O) groups is 4. The summed E-state index contributed by atoms with van der Waals surface area (Å²) in [7, 11) is 0. The Balaban J connectivity index is 1.87. The van der Waals surface area contributed by atoms with E-state index in [4.69, 9.17) is 14.2 Å². The second-order valence-electron chi connectivity index (χ2n) is 8.55. The summed E-state index contributed by atoms with van der Waals surface area (Å²) in [4.78, 5) is 49.7. The number of ether oxygens (including phenoxy) is 3. The minimum atomic E-state index is -2.42. The maximum atomic E-state index is 12.7. The summed E-state index contributed by atoms with van der Waals surface area (Å²) >= 11 is 0. The minimum absolute atomic E-state index is 0.236. The van der Waals surface area contributed by atoms with Crippen molar-refractivity contribution in [2.24, 2.45) is 0 Å². The van der Waals surface area contributed by atoms with Gasteiger partial charge >= 0.3 is 23.9 Å². The van der Waals surface area contributed by atoms with Gasteiger partial charge in [0.1, 0.15) is 6.61 Å². The molecule has 9 N–H and O–H groups in total. The predicted octanol–water partition coefficient (Wildman–Crippen LogP) is 1.42. The number of rotatable bonds is 10. The number of carbonyl (C=O) groups excluding carboxylic acids is 3. The molecule has 0 saturated heterocycles. The Morgan fingerprint density at radius 1 is 0.651 bits per heavy atom. The van der Waals surface area contributed by atoms with E-state index in [0.29, 0.717) is 24.3 Å². The number of aromatic hydroxyl groups is 8. The van der Waals surface area contributed by atoms with Crippen LogP contribution in [0.3, 0.4) is 0 Å². The maximum Gasteiger partial charge on any atom is 0.349 e. The Morgan fingerprint density at radius 3 is 1.60 bits per heavy atom. The van der Waals surface area contributed by atoms with Gasteiger partial charge in [-0.25, -0.2) is 19.2 Å². The highest BCUT2D eigenvalue weighted by molar-refractivity contribution is 5.94. The first-order valence-electron chi connectivity index (χ1n) is 11.7. The van der Waals surface area contributed by atoms with Crippen LogP contribution >= 0.6 is 0 Å². The second kappa shape index (κ2) is 12.9. The van der Waals surface area contributed by atoms with Crippen molar-refractivity contribution in [2.75, 3.05) is 6.61 Å². The summed E-state index contributed by atoms with van der Waals surface area (Å²) in [5.41, 5.74) is -1.02. The quantitative estimate of drug-likeness (QED) is 0.0686. The van der Waals surface area contributed by atoms with E-state index in [1.165, 1.54) is 6.07 Å². The van der Waals surface area contributed by atoms with Crippen LogP contribution in [-0.4, -0.2) is 88.7 Å². The monoisotopic (exact) mass is 602 g/mol. The third kappa shape index (κ3) is 7.66. The van der Waals surface area contributed by atoms with Crippen molar-refractivity contribution >= 4 is 30.0 Å². The Morgan fingerprint density at radius 2 is 1.14 bits per heavy atom. The van der Waals surface area contributed by atoms with Crippen LogP contribution in [0, 0.1) is 0 Å². The van der Waals surface area contributed by atoms with Crippen LogP contribution in [0.15, 0.2) is 48.5 Å². The van der Waals surface area contributed by atoms with E-state index < -0.39 is 99.8 Å². The fourth-order valence-corrected chi connectivity index (χ4v) is 3.32. The standard InChI is InChI=1S/C27H22O16/c28-14-3-1-11(5-15(14)29)2-4-21(34)41-10-20(42-26(39)12-6-16(30)22(35)17(31)7-12)24(25(37)38)43-27(40)13-8-18(32)23(36)19(33)9-13/h1-9,20,24,28-33,35-36H,10H2,(H,37,38)/t20-,24+/m0/s1. The summed E-state index contributed by atoms with van der Waals surface area (Å²) in [6.07, 6.45) is -2.56. The fourth-order valence-electron chi connectivity index (χ4n) is 3.32. The number of carboxylic acid groups (broad SMARTS) is 1. The van der Waals surface area contributed by atoms with Crippen LogP contribution in [0.1, 0.15) is 26.3 Å². The van der Waals surface area contributed by atoms with E-state index in [1.807, 2.05) is 0 Å². The maximum absolute atomic E-state index is 12.7. The summed E-state index contributed by atoms with van der Waals surface area (Å²) < 4.78 is 14.9. The van der Waals surface area contributed by atoms with Gasteiger partial charge in [-0.3, -0.25) is 0 Å². The van der Waals surface area contributed by atoms with Gasteiger partial charge < -0.3 is 60.2 Å². The van der Waals surface area contributed by atoms with Crippen molar-refractivity contribution in [3.8, 4) is 46.0 Å². The SMILES string of the molecule is O=C(C=Cc1ccc(O)c(O)c1)OC[C@H](OC(=O)c1cc(O)c(O)c(O)c1)[C@@H](OC(=O)c1cc(O)c(O)c(O)c1)C(=O)O. The second-order valence-corrected chi connectivity index (χ2v) is 8.55. The van der Waals surface area contributed by atoms with Crippen molar-refractivity contribution in [3.63, 3.8) is 0 Å². The topological polar surface area (TPSA) is 278 Å². The van der Waals surface area contributed by atoms with Crippen LogP contribution in [-0.2, 0) is 23.8 Å². The number of carboxylic acids is 1. The Kier molecular flexibility index (Phi) is 9.36. The molecule has 0 unspecified atom stereocenters. The van der Waals surface area contributed by atoms with Crippen molar-refractivity contribution in [1.82, 2.24) is 0 Å². The fraction of sp³-hybridized carbons (Fsp3) is 0.111. The van der Waals surface area contributed by atoms with Crippen molar-refractivity contribution in [3.05, 3.63) is 65.2 Å². The summed E-state index contributed by atoms with van der Waals surface area (Å²) in [5.74, 6) is -12.7. The number of aliphatic carboxylic acids is 1. The number of hydrogen-bond acceptors (Lipinski definition) is 15. The first-order chi connectivity index (χ1) is 20.2. The molecule has 0 radical (unpaired) electrons. The van der Waals surface area contributed by atoms with E-state index in [9.17, 15) is 65.1 Å². The lowest BCUT2D eigenvalue weighted by atomic mass is 10.1. The highest BCUT2D eigenvalue weighted by Gasteiger charge is 2.37. The van der Waals surface area contributed by atoms with E-state index >= 15 is 0 Å². The molecule has 3 aromatic carbocycles. The van der Waals surface area contributed by atoms with Crippen molar-refractivity contribution in [2.45, 2.75) is 12.2 Å². The van der Waals surface area contributed by atoms with Gasteiger partial charge in [0, 0.05) is 6.08 Å². The first kappa shape index (κ1) is 31.2. The zero-order valence-corrected chi connectivity index (χ0v) is 21.4. The number of hydrogen-bond donors (Lipinski definition) is 9. The molecular formula is C27H22O16. The smallest absolute Gasteiger partial charge is 0.349 e. The van der Waals surface area contributed by atoms with E-state index in [2.05, 4.69) is 0 Å². The molecule has 3 rings (SSSR count). The number of benzene rings is 3. The first-order valence-corrected chi connectivity index (χ1v) is 11.7. The van der Waals surface area contributed by atoms with Crippen LogP contribution in [0.25, 0.3) is 6.08 Å². The molecule has 0 aromatic heterocycles. The van der Waals surface area contributed by atoms with Gasteiger partial charge in [-0.15, -0.1) is 0 Å². The molecule has 0 saturated carbocycles. The van der Waals surface area contributed by atoms with E-state index in [1.54, 1.807) is 0 Å². The Hall–Kier alpha value is -6.32. The molecule has 0 aliphatic heterocycles. The average molecular weight is 602 g/mol. The third-order valence-electron chi connectivity index (χ3n) is 5.49. The molecule has 0 bridgehead atoms. The highest BCUT2D eigenvalue weighted by Crippen LogP contribution is 2.37. The predicted molar refractivity (Wildman–Crippen MR) is 139 cm³/mol. The van der Waals surface area contributed by atoms with Gasteiger partial charge in [0.25, 0.3) is 0 Å². The molecule has 43 heavy (non-hydrogen) atoms. The molecule has 0 spiro atoms. The van der Waals surface area contributed by atoms with Gasteiger partial charge in [0.05, 0.1) is 11.1 Å². The molecule has 0 amide bonds. The lowest BCUT2D eigenvalue weighted by molar-refractivity contribution is -0.160. The van der Waals surface area contributed by atoms with Crippen molar-refractivity contribution in [1.29, 1.82) is 0 Å². The van der Waals surface area contributed by atoms with Crippen LogP contribution in [0.2, 0.25) is 0 Å². The van der Waals surface area contributed by atoms with Gasteiger partial charge in [-0.2, -0.15) is 0 Å². The Bertz CT molecular complexity index is 1560. The van der Waals surface area contributed by atoms with Crippen LogP contribution < -0.4 is 0 Å².